The van der Waals surface area contributed by atoms with Gasteiger partial charge in [-0.05, 0) is 19.1 Å². The Labute approximate surface area is 98.9 Å². The van der Waals surface area contributed by atoms with Crippen LogP contribution in [0.1, 0.15) is 6.92 Å². The van der Waals surface area contributed by atoms with Crippen LogP contribution in [-0.2, 0) is 4.74 Å². The number of benzene rings is 1. The molecule has 1 rings (SSSR count). The summed E-state index contributed by atoms with van der Waals surface area (Å²) in [5.41, 5.74) is 0.469. The minimum absolute atomic E-state index is 0.202. The number of imide groups is 1. The highest BCUT2D eigenvalue weighted by Gasteiger charge is 2.10. The molecule has 0 atom stereocenters. The number of rotatable bonds is 3. The van der Waals surface area contributed by atoms with Gasteiger partial charge in [0.05, 0.1) is 19.4 Å². The van der Waals surface area contributed by atoms with Crippen molar-refractivity contribution >= 4 is 17.8 Å². The lowest BCUT2D eigenvalue weighted by Gasteiger charge is -2.09. The first-order valence-electron chi connectivity index (χ1n) is 5.05. The van der Waals surface area contributed by atoms with Gasteiger partial charge in [-0.15, -0.1) is 0 Å². The molecule has 0 bridgehead atoms. The Bertz CT molecular complexity index is 406. The number of hydrogen-bond donors (Lipinski definition) is 2. The second-order valence-electron chi connectivity index (χ2n) is 3.00. The number of carbonyl (C=O) groups excluding carboxylic acids is 2. The van der Waals surface area contributed by atoms with Gasteiger partial charge >= 0.3 is 12.1 Å². The summed E-state index contributed by atoms with van der Waals surface area (Å²) in [6.07, 6.45) is -0.792. The molecule has 0 aliphatic rings. The molecule has 6 nitrogen and oxygen atoms in total. The largest absolute Gasteiger partial charge is 0.495 e. The number of hydrogen-bond acceptors (Lipinski definition) is 4. The van der Waals surface area contributed by atoms with E-state index in [1.165, 1.54) is 7.11 Å². The van der Waals surface area contributed by atoms with Crippen molar-refractivity contribution in [3.8, 4) is 5.75 Å². The van der Waals surface area contributed by atoms with E-state index in [0.29, 0.717) is 11.4 Å². The standard InChI is InChI=1S/C11H14N2O4/c1-3-17-11(15)13-10(14)12-8-6-4-5-7-9(8)16-2/h4-7H,3H2,1-2H3,(H2,12,13,14,15). The molecule has 1 aromatic rings. The molecule has 0 radical (unpaired) electrons. The molecule has 0 saturated heterocycles. The van der Waals surface area contributed by atoms with E-state index in [9.17, 15) is 9.59 Å². The minimum atomic E-state index is -0.792. The Morgan fingerprint density at radius 1 is 1.29 bits per heavy atom. The lowest BCUT2D eigenvalue weighted by atomic mass is 10.3. The average Bonchev–Trinajstić information content (AvgIpc) is 2.29. The molecular formula is C11H14N2O4. The SMILES string of the molecule is CCOC(=O)NC(=O)Nc1ccccc1OC. The summed E-state index contributed by atoms with van der Waals surface area (Å²) in [7, 11) is 1.49. The molecule has 3 amide bonds. The third-order valence-corrected chi connectivity index (χ3v) is 1.85. The summed E-state index contributed by atoms with van der Waals surface area (Å²) in [5.74, 6) is 0.506. The van der Waals surface area contributed by atoms with E-state index in [-0.39, 0.29) is 6.61 Å². The van der Waals surface area contributed by atoms with E-state index in [1.807, 2.05) is 5.32 Å². The van der Waals surface area contributed by atoms with E-state index in [1.54, 1.807) is 31.2 Å². The summed E-state index contributed by atoms with van der Waals surface area (Å²) < 4.78 is 9.60. The number of carbonyl (C=O) groups is 2. The van der Waals surface area contributed by atoms with Gasteiger partial charge < -0.3 is 14.8 Å². The first kappa shape index (κ1) is 12.8. The minimum Gasteiger partial charge on any atom is -0.495 e. The zero-order valence-corrected chi connectivity index (χ0v) is 9.65. The van der Waals surface area contributed by atoms with Crippen molar-refractivity contribution in [1.82, 2.24) is 5.32 Å². The van der Waals surface area contributed by atoms with Crippen molar-refractivity contribution in [1.29, 1.82) is 0 Å². The fourth-order valence-electron chi connectivity index (χ4n) is 1.16. The van der Waals surface area contributed by atoms with Gasteiger partial charge in [-0.25, -0.2) is 14.9 Å². The maximum atomic E-state index is 11.4. The molecular weight excluding hydrogens is 224 g/mol. The molecule has 0 spiro atoms. The zero-order chi connectivity index (χ0) is 12.7. The van der Waals surface area contributed by atoms with Gasteiger partial charge in [0.25, 0.3) is 0 Å². The van der Waals surface area contributed by atoms with Gasteiger partial charge in [-0.1, -0.05) is 12.1 Å². The van der Waals surface area contributed by atoms with E-state index in [0.717, 1.165) is 0 Å². The monoisotopic (exact) mass is 238 g/mol. The highest BCUT2D eigenvalue weighted by molar-refractivity contribution is 5.99. The number of para-hydroxylation sites is 2. The first-order chi connectivity index (χ1) is 8.17. The average molecular weight is 238 g/mol. The number of nitrogens with one attached hydrogen (secondary N) is 2. The molecule has 0 heterocycles. The van der Waals surface area contributed by atoms with Crippen molar-refractivity contribution < 1.29 is 19.1 Å². The number of urea groups is 1. The molecule has 0 fully saturated rings. The van der Waals surface area contributed by atoms with Crippen molar-refractivity contribution in [2.45, 2.75) is 6.92 Å². The highest BCUT2D eigenvalue weighted by Crippen LogP contribution is 2.22. The van der Waals surface area contributed by atoms with Gasteiger partial charge in [0.1, 0.15) is 5.75 Å². The Morgan fingerprint density at radius 3 is 2.65 bits per heavy atom. The predicted molar refractivity (Wildman–Crippen MR) is 62.2 cm³/mol. The van der Waals surface area contributed by atoms with Crippen molar-refractivity contribution in [3.63, 3.8) is 0 Å². The molecule has 92 valence electrons. The number of anilines is 1. The Hall–Kier alpha value is -2.24. The van der Waals surface area contributed by atoms with Crippen LogP contribution in [0.25, 0.3) is 0 Å². The third-order valence-electron chi connectivity index (χ3n) is 1.85. The number of ether oxygens (including phenoxy) is 2. The quantitative estimate of drug-likeness (QED) is 0.844. The zero-order valence-electron chi connectivity index (χ0n) is 9.65. The lowest BCUT2D eigenvalue weighted by molar-refractivity contribution is 0.154. The van der Waals surface area contributed by atoms with Crippen molar-refractivity contribution in [3.05, 3.63) is 24.3 Å². The second kappa shape index (κ2) is 6.37. The Morgan fingerprint density at radius 2 is 2.00 bits per heavy atom. The topological polar surface area (TPSA) is 76.7 Å². The predicted octanol–water partition coefficient (Wildman–Crippen LogP) is 1.97. The van der Waals surface area contributed by atoms with E-state index in [4.69, 9.17) is 4.74 Å². The van der Waals surface area contributed by atoms with Gasteiger partial charge in [0.2, 0.25) is 0 Å². The smallest absolute Gasteiger partial charge is 0.415 e. The van der Waals surface area contributed by atoms with Crippen LogP contribution < -0.4 is 15.4 Å². The number of alkyl carbamates (subject to hydrolysis) is 1. The van der Waals surface area contributed by atoms with E-state index in [2.05, 4.69) is 10.1 Å². The van der Waals surface area contributed by atoms with Gasteiger partial charge in [0.15, 0.2) is 0 Å². The lowest BCUT2D eigenvalue weighted by Crippen LogP contribution is -2.34. The maximum Gasteiger partial charge on any atom is 0.415 e. The second-order valence-corrected chi connectivity index (χ2v) is 3.00. The normalized spacial score (nSPS) is 9.29. The molecule has 0 aliphatic carbocycles. The van der Waals surface area contributed by atoms with Gasteiger partial charge in [-0.3, -0.25) is 0 Å². The molecule has 0 unspecified atom stereocenters. The van der Waals surface area contributed by atoms with Crippen molar-refractivity contribution in [2.24, 2.45) is 0 Å². The van der Waals surface area contributed by atoms with Crippen LogP contribution in [0.4, 0.5) is 15.3 Å². The fraction of sp³-hybridized carbons (Fsp3) is 0.273. The van der Waals surface area contributed by atoms with E-state index < -0.39 is 12.1 Å². The number of amides is 3. The summed E-state index contributed by atoms with van der Waals surface area (Å²) in [4.78, 5) is 22.4. The van der Waals surface area contributed by atoms with Crippen LogP contribution in [0.15, 0.2) is 24.3 Å². The van der Waals surface area contributed by atoms with Gasteiger partial charge in [0, 0.05) is 0 Å². The maximum absolute atomic E-state index is 11.4. The number of methoxy groups -OCH3 is 1. The molecule has 0 aliphatic heterocycles. The summed E-state index contributed by atoms with van der Waals surface area (Å²) in [6.45, 7) is 1.85. The van der Waals surface area contributed by atoms with Crippen LogP contribution in [0, 0.1) is 0 Å². The highest BCUT2D eigenvalue weighted by atomic mass is 16.5. The van der Waals surface area contributed by atoms with Gasteiger partial charge in [-0.2, -0.15) is 0 Å². The summed E-state index contributed by atoms with van der Waals surface area (Å²) in [6, 6.07) is 6.19. The molecule has 6 heteroatoms. The molecule has 1 aromatic carbocycles. The third kappa shape index (κ3) is 4.02. The molecule has 0 saturated carbocycles. The molecule has 2 N–H and O–H groups in total. The Balaban J connectivity index is 2.59. The fourth-order valence-corrected chi connectivity index (χ4v) is 1.16. The summed E-state index contributed by atoms with van der Waals surface area (Å²) >= 11 is 0. The molecule has 17 heavy (non-hydrogen) atoms. The van der Waals surface area contributed by atoms with Crippen molar-refractivity contribution in [2.75, 3.05) is 19.0 Å². The van der Waals surface area contributed by atoms with Crippen LogP contribution in [0.2, 0.25) is 0 Å². The molecule has 0 aromatic heterocycles. The van der Waals surface area contributed by atoms with Crippen LogP contribution in [0.3, 0.4) is 0 Å². The Kier molecular flexibility index (Phi) is 4.80. The van der Waals surface area contributed by atoms with Crippen LogP contribution >= 0.6 is 0 Å². The van der Waals surface area contributed by atoms with E-state index >= 15 is 0 Å². The summed E-state index contributed by atoms with van der Waals surface area (Å²) in [5, 5.41) is 4.49. The van der Waals surface area contributed by atoms with Crippen LogP contribution in [-0.4, -0.2) is 25.8 Å². The first-order valence-corrected chi connectivity index (χ1v) is 5.05. The van der Waals surface area contributed by atoms with Crippen LogP contribution in [0.5, 0.6) is 5.75 Å².